The number of hydrogen-bond donors (Lipinski definition) is 2. The van der Waals surface area contributed by atoms with Crippen LogP contribution in [0.2, 0.25) is 0 Å². The van der Waals surface area contributed by atoms with Gasteiger partial charge in [0.15, 0.2) is 12.5 Å². The van der Waals surface area contributed by atoms with Crippen LogP contribution in [0.15, 0.2) is 0 Å². The van der Waals surface area contributed by atoms with Gasteiger partial charge in [0, 0.05) is 0 Å². The van der Waals surface area contributed by atoms with Gasteiger partial charge in [-0.05, 0) is 18.8 Å². The van der Waals surface area contributed by atoms with E-state index in [4.69, 9.17) is 5.11 Å². The second kappa shape index (κ2) is 7.99. The molecule has 0 saturated carbocycles. The number of aldehydes is 1. The standard InChI is InChI=1S/C6H14N3O4P3/c10-3-6(13)9(16)5(12)2-8(15)4(11)1-7-14/h3,6-7,13H,1-2,14-16H2. The highest BCUT2D eigenvalue weighted by Crippen LogP contribution is 2.07. The molecule has 2 amide bonds. The molecule has 0 aromatic rings. The molecule has 0 aromatic carbocycles. The van der Waals surface area contributed by atoms with Gasteiger partial charge in [0.05, 0.1) is 6.54 Å². The number of nitrogens with one attached hydrogen (secondary N) is 1. The summed E-state index contributed by atoms with van der Waals surface area (Å²) in [5.74, 6) is -0.885. The van der Waals surface area contributed by atoms with Crippen molar-refractivity contribution in [2.45, 2.75) is 6.23 Å². The molecule has 0 aromatic heterocycles. The molecule has 16 heavy (non-hydrogen) atoms. The second-order valence-corrected chi connectivity index (χ2v) is 4.34. The van der Waals surface area contributed by atoms with E-state index < -0.39 is 12.1 Å². The molecule has 0 aliphatic rings. The molecule has 0 rings (SSSR count). The van der Waals surface area contributed by atoms with Gasteiger partial charge in [-0.15, -0.1) is 0 Å². The van der Waals surface area contributed by atoms with Crippen LogP contribution in [-0.4, -0.2) is 51.9 Å². The van der Waals surface area contributed by atoms with Crippen LogP contribution in [0.3, 0.4) is 0 Å². The van der Waals surface area contributed by atoms with Crippen LogP contribution < -0.4 is 5.09 Å². The first-order valence-electron chi connectivity index (χ1n) is 4.12. The Morgan fingerprint density at radius 1 is 1.38 bits per heavy atom. The normalized spacial score (nSPS) is 11.8. The first kappa shape index (κ1) is 15.8. The molecule has 0 bridgehead atoms. The molecule has 0 heterocycles. The van der Waals surface area contributed by atoms with Crippen molar-refractivity contribution in [2.24, 2.45) is 0 Å². The Balaban J connectivity index is 4.23. The molecule has 92 valence electrons. The monoisotopic (exact) mass is 285 g/mol. The smallest absolute Gasteiger partial charge is 0.247 e. The Kier molecular flexibility index (Phi) is 7.90. The Morgan fingerprint density at radius 3 is 2.38 bits per heavy atom. The summed E-state index contributed by atoms with van der Waals surface area (Å²) in [5, 5.41) is 11.6. The minimum Gasteiger partial charge on any atom is -0.367 e. The molecule has 0 aliphatic heterocycles. The van der Waals surface area contributed by atoms with Crippen molar-refractivity contribution in [3.8, 4) is 0 Å². The predicted molar refractivity (Wildman–Crippen MR) is 67.8 cm³/mol. The van der Waals surface area contributed by atoms with Crippen LogP contribution >= 0.6 is 28.2 Å². The van der Waals surface area contributed by atoms with Crippen molar-refractivity contribution in [1.82, 2.24) is 14.4 Å². The molecule has 0 radical (unpaired) electrons. The summed E-state index contributed by atoms with van der Waals surface area (Å²) in [6.07, 6.45) is -1.31. The first-order valence-corrected chi connectivity index (χ1v) is 5.73. The molecule has 0 aliphatic carbocycles. The lowest BCUT2D eigenvalue weighted by atomic mass is 10.5. The Labute approximate surface area is 100 Å². The molecule has 10 heteroatoms. The van der Waals surface area contributed by atoms with Gasteiger partial charge in [0.25, 0.3) is 0 Å². The quantitative estimate of drug-likeness (QED) is 0.339. The number of hydrogen-bond acceptors (Lipinski definition) is 5. The van der Waals surface area contributed by atoms with Gasteiger partial charge in [0.2, 0.25) is 11.8 Å². The summed E-state index contributed by atoms with van der Waals surface area (Å²) in [7, 11) is 6.17. The largest absolute Gasteiger partial charge is 0.367 e. The summed E-state index contributed by atoms with van der Waals surface area (Å²) in [4.78, 5) is 32.9. The fraction of sp³-hybridized carbons (Fsp3) is 0.500. The molecule has 0 saturated heterocycles. The maximum Gasteiger partial charge on any atom is 0.247 e. The van der Waals surface area contributed by atoms with Crippen molar-refractivity contribution >= 4 is 46.3 Å². The lowest BCUT2D eigenvalue weighted by Crippen LogP contribution is -2.40. The average Bonchev–Trinajstić information content (AvgIpc) is 2.26. The molecular weight excluding hydrogens is 271 g/mol. The third-order valence-corrected chi connectivity index (χ3v) is 2.84. The number of carbonyl (C=O) groups excluding carboxylic acids is 3. The molecule has 2 N–H and O–H groups in total. The van der Waals surface area contributed by atoms with E-state index >= 15 is 0 Å². The summed E-state index contributed by atoms with van der Waals surface area (Å²) < 4.78 is 1.87. The maximum absolute atomic E-state index is 11.4. The van der Waals surface area contributed by atoms with Crippen LogP contribution in [0, 0.1) is 0 Å². The van der Waals surface area contributed by atoms with Crippen LogP contribution in [0.25, 0.3) is 0 Å². The Bertz CT molecular complexity index is 278. The van der Waals surface area contributed by atoms with Gasteiger partial charge in [-0.3, -0.25) is 24.1 Å². The number of carbonyl (C=O) groups is 3. The van der Waals surface area contributed by atoms with Crippen molar-refractivity contribution < 1.29 is 19.5 Å². The Morgan fingerprint density at radius 2 is 1.94 bits per heavy atom. The van der Waals surface area contributed by atoms with E-state index in [9.17, 15) is 14.4 Å². The van der Waals surface area contributed by atoms with Crippen LogP contribution in [0.4, 0.5) is 0 Å². The zero-order valence-corrected chi connectivity index (χ0v) is 11.8. The Hall–Kier alpha value is -0.180. The number of amides is 2. The number of aliphatic hydroxyl groups is 1. The van der Waals surface area contributed by atoms with Crippen LogP contribution in [0.5, 0.6) is 0 Å². The van der Waals surface area contributed by atoms with E-state index in [2.05, 4.69) is 23.9 Å². The zero-order valence-electron chi connectivity index (χ0n) is 8.37. The highest BCUT2D eigenvalue weighted by molar-refractivity contribution is 7.15. The maximum atomic E-state index is 11.4. The average molecular weight is 285 g/mol. The lowest BCUT2D eigenvalue weighted by Gasteiger charge is -2.22. The molecule has 0 spiro atoms. The predicted octanol–water partition coefficient (Wildman–Crippen LogP) is -1.88. The SMILES string of the molecule is O=CC(O)N(P)C(=O)CN(P)C(=O)CNP. The van der Waals surface area contributed by atoms with E-state index in [1.54, 1.807) is 0 Å². The van der Waals surface area contributed by atoms with Gasteiger partial charge in [-0.25, -0.2) is 0 Å². The first-order chi connectivity index (χ1) is 7.43. The van der Waals surface area contributed by atoms with Gasteiger partial charge < -0.3 is 9.78 Å². The zero-order chi connectivity index (χ0) is 12.7. The van der Waals surface area contributed by atoms with E-state index in [1.165, 1.54) is 0 Å². The summed E-state index contributed by atoms with van der Waals surface area (Å²) in [6, 6.07) is 0. The fourth-order valence-corrected chi connectivity index (χ4v) is 1.29. The van der Waals surface area contributed by atoms with E-state index in [0.29, 0.717) is 0 Å². The van der Waals surface area contributed by atoms with Gasteiger partial charge in [-0.2, -0.15) is 0 Å². The third kappa shape index (κ3) is 5.24. The summed E-state index contributed by atoms with van der Waals surface area (Å²) in [6.45, 7) is -0.182. The van der Waals surface area contributed by atoms with E-state index in [0.717, 1.165) is 9.34 Å². The highest BCUT2D eigenvalue weighted by atomic mass is 31.0. The minimum atomic E-state index is -1.52. The lowest BCUT2D eigenvalue weighted by molar-refractivity contribution is -0.139. The van der Waals surface area contributed by atoms with Gasteiger partial charge >= 0.3 is 0 Å². The van der Waals surface area contributed by atoms with Crippen molar-refractivity contribution in [3.05, 3.63) is 0 Å². The molecule has 4 unspecified atom stereocenters. The van der Waals surface area contributed by atoms with Crippen molar-refractivity contribution in [1.29, 1.82) is 0 Å². The number of aliphatic hydroxyl groups excluding tert-OH is 1. The molecule has 7 nitrogen and oxygen atoms in total. The van der Waals surface area contributed by atoms with Crippen molar-refractivity contribution in [2.75, 3.05) is 13.1 Å². The van der Waals surface area contributed by atoms with Crippen LogP contribution in [-0.2, 0) is 14.4 Å². The fourth-order valence-electron chi connectivity index (χ4n) is 0.717. The van der Waals surface area contributed by atoms with E-state index in [1.807, 2.05) is 9.39 Å². The minimum absolute atomic E-state index is 0.0640. The third-order valence-electron chi connectivity index (χ3n) is 1.57. The second-order valence-electron chi connectivity index (χ2n) is 2.75. The van der Waals surface area contributed by atoms with Gasteiger partial charge in [0.1, 0.15) is 6.54 Å². The van der Waals surface area contributed by atoms with Crippen molar-refractivity contribution in [3.63, 3.8) is 0 Å². The summed E-state index contributed by atoms with van der Waals surface area (Å²) in [5.41, 5.74) is 0. The molecule has 4 atom stereocenters. The van der Waals surface area contributed by atoms with Crippen LogP contribution in [0.1, 0.15) is 0 Å². The highest BCUT2D eigenvalue weighted by Gasteiger charge is 2.20. The van der Waals surface area contributed by atoms with E-state index in [-0.39, 0.29) is 25.3 Å². The molecular formula is C6H14N3O4P3. The molecule has 0 fully saturated rings. The topological polar surface area (TPSA) is 90.0 Å². The number of nitrogens with zero attached hydrogens (tertiary/aromatic N) is 2. The number of rotatable bonds is 6. The summed E-state index contributed by atoms with van der Waals surface area (Å²) >= 11 is 0. The van der Waals surface area contributed by atoms with Gasteiger partial charge in [-0.1, -0.05) is 9.39 Å².